The maximum absolute atomic E-state index is 5.74. The van der Waals surface area contributed by atoms with Crippen LogP contribution in [0.2, 0.25) is 5.28 Å². The zero-order valence-corrected chi connectivity index (χ0v) is 11.6. The Balaban J connectivity index is 2.46. The molecular formula is C11H18ClN3O3. The Hall–Kier alpha value is -1.14. The SMILES string of the molecule is CCCOc1nc(Cl)nc(OCCOC(C)C)n1. The van der Waals surface area contributed by atoms with Crippen LogP contribution in [-0.2, 0) is 4.74 Å². The number of hydrogen-bond acceptors (Lipinski definition) is 6. The van der Waals surface area contributed by atoms with Crippen LogP contribution in [-0.4, -0.2) is 40.9 Å². The van der Waals surface area contributed by atoms with Crippen LogP contribution in [0.15, 0.2) is 0 Å². The average molecular weight is 276 g/mol. The lowest BCUT2D eigenvalue weighted by Gasteiger charge is -2.09. The topological polar surface area (TPSA) is 66.4 Å². The summed E-state index contributed by atoms with van der Waals surface area (Å²) in [5, 5.41) is 0.0517. The lowest BCUT2D eigenvalue weighted by atomic mass is 10.5. The van der Waals surface area contributed by atoms with Gasteiger partial charge in [-0.05, 0) is 31.9 Å². The van der Waals surface area contributed by atoms with Crippen LogP contribution in [0.5, 0.6) is 12.0 Å². The second-order valence-electron chi connectivity index (χ2n) is 3.79. The van der Waals surface area contributed by atoms with Gasteiger partial charge in [-0.1, -0.05) is 6.92 Å². The van der Waals surface area contributed by atoms with Gasteiger partial charge in [0, 0.05) is 0 Å². The average Bonchev–Trinajstić information content (AvgIpc) is 2.31. The van der Waals surface area contributed by atoms with Crippen molar-refractivity contribution in [3.05, 3.63) is 5.28 Å². The number of ether oxygens (including phenoxy) is 3. The highest BCUT2D eigenvalue weighted by molar-refractivity contribution is 6.28. The zero-order valence-electron chi connectivity index (χ0n) is 10.9. The second kappa shape index (κ2) is 8.05. The predicted molar refractivity (Wildman–Crippen MR) is 67.2 cm³/mol. The van der Waals surface area contributed by atoms with Crippen molar-refractivity contribution in [3.63, 3.8) is 0 Å². The van der Waals surface area contributed by atoms with Gasteiger partial charge in [0.1, 0.15) is 6.61 Å². The lowest BCUT2D eigenvalue weighted by Crippen LogP contribution is -2.13. The van der Waals surface area contributed by atoms with Crippen LogP contribution < -0.4 is 9.47 Å². The van der Waals surface area contributed by atoms with Crippen molar-refractivity contribution in [2.24, 2.45) is 0 Å². The molecule has 0 saturated carbocycles. The Bertz CT molecular complexity index is 363. The van der Waals surface area contributed by atoms with Crippen molar-refractivity contribution in [3.8, 4) is 12.0 Å². The van der Waals surface area contributed by atoms with Gasteiger partial charge in [0.05, 0.1) is 19.3 Å². The van der Waals surface area contributed by atoms with Gasteiger partial charge in [-0.3, -0.25) is 0 Å². The quantitative estimate of drug-likeness (QED) is 0.677. The summed E-state index contributed by atoms with van der Waals surface area (Å²) in [7, 11) is 0. The fourth-order valence-corrected chi connectivity index (χ4v) is 1.20. The predicted octanol–water partition coefficient (Wildman–Crippen LogP) is 2.12. The summed E-state index contributed by atoms with van der Waals surface area (Å²) in [6, 6.07) is 0.324. The number of halogens is 1. The number of hydrogen-bond donors (Lipinski definition) is 0. The van der Waals surface area contributed by atoms with Gasteiger partial charge in [0.25, 0.3) is 0 Å². The molecule has 0 radical (unpaired) electrons. The fraction of sp³-hybridized carbons (Fsp3) is 0.727. The minimum Gasteiger partial charge on any atom is -0.463 e. The molecule has 0 spiro atoms. The van der Waals surface area contributed by atoms with E-state index >= 15 is 0 Å². The Morgan fingerprint density at radius 1 is 1.00 bits per heavy atom. The van der Waals surface area contributed by atoms with Crippen molar-refractivity contribution in [2.75, 3.05) is 19.8 Å². The highest BCUT2D eigenvalue weighted by Crippen LogP contribution is 2.13. The molecule has 7 heteroatoms. The molecule has 0 aromatic carbocycles. The van der Waals surface area contributed by atoms with Crippen LogP contribution in [0.3, 0.4) is 0 Å². The van der Waals surface area contributed by atoms with Gasteiger partial charge in [0.15, 0.2) is 0 Å². The van der Waals surface area contributed by atoms with Crippen LogP contribution >= 0.6 is 11.6 Å². The number of rotatable bonds is 8. The molecule has 6 nitrogen and oxygen atoms in total. The minimum atomic E-state index is 0.0517. The van der Waals surface area contributed by atoms with E-state index in [1.165, 1.54) is 0 Å². The molecule has 1 aromatic heterocycles. The van der Waals surface area contributed by atoms with Gasteiger partial charge in [-0.15, -0.1) is 4.98 Å². The largest absolute Gasteiger partial charge is 0.463 e. The first-order valence-electron chi connectivity index (χ1n) is 5.90. The van der Waals surface area contributed by atoms with Crippen LogP contribution in [0.4, 0.5) is 0 Å². The van der Waals surface area contributed by atoms with E-state index in [2.05, 4.69) is 15.0 Å². The van der Waals surface area contributed by atoms with Crippen LogP contribution in [0, 0.1) is 0 Å². The molecule has 1 heterocycles. The third-order valence-electron chi connectivity index (χ3n) is 1.77. The van der Waals surface area contributed by atoms with Crippen molar-refractivity contribution in [1.29, 1.82) is 0 Å². The van der Waals surface area contributed by atoms with Gasteiger partial charge in [0.2, 0.25) is 5.28 Å². The van der Waals surface area contributed by atoms with E-state index < -0.39 is 0 Å². The first-order chi connectivity index (χ1) is 8.61. The zero-order chi connectivity index (χ0) is 13.4. The standard InChI is InChI=1S/C11H18ClN3O3/c1-4-5-17-10-13-9(12)14-11(15-10)18-7-6-16-8(2)3/h8H,4-7H2,1-3H3. The number of aromatic nitrogens is 3. The van der Waals surface area contributed by atoms with Crippen molar-refractivity contribution in [2.45, 2.75) is 33.3 Å². The molecule has 0 bridgehead atoms. The minimum absolute atomic E-state index is 0.0517. The molecule has 0 unspecified atom stereocenters. The molecule has 1 rings (SSSR count). The number of nitrogens with zero attached hydrogens (tertiary/aromatic N) is 3. The van der Waals surface area contributed by atoms with Gasteiger partial charge < -0.3 is 14.2 Å². The van der Waals surface area contributed by atoms with E-state index in [1.54, 1.807) is 0 Å². The van der Waals surface area contributed by atoms with Gasteiger partial charge in [-0.25, -0.2) is 0 Å². The Morgan fingerprint density at radius 2 is 1.61 bits per heavy atom. The summed E-state index contributed by atoms with van der Waals surface area (Å²) in [5.74, 6) is 0. The van der Waals surface area contributed by atoms with E-state index in [9.17, 15) is 0 Å². The maximum atomic E-state index is 5.74. The molecular weight excluding hydrogens is 258 g/mol. The van der Waals surface area contributed by atoms with Gasteiger partial charge in [-0.2, -0.15) is 9.97 Å². The first kappa shape index (κ1) is 14.9. The molecule has 0 fully saturated rings. The first-order valence-corrected chi connectivity index (χ1v) is 6.28. The fourth-order valence-electron chi connectivity index (χ4n) is 1.05. The molecule has 102 valence electrons. The van der Waals surface area contributed by atoms with Gasteiger partial charge >= 0.3 is 12.0 Å². The van der Waals surface area contributed by atoms with Crippen molar-refractivity contribution >= 4 is 11.6 Å². The second-order valence-corrected chi connectivity index (χ2v) is 4.12. The normalized spacial score (nSPS) is 10.7. The summed E-state index contributed by atoms with van der Waals surface area (Å²) in [6.07, 6.45) is 1.03. The Morgan fingerprint density at radius 3 is 2.17 bits per heavy atom. The highest BCUT2D eigenvalue weighted by Gasteiger charge is 2.07. The molecule has 1 aromatic rings. The van der Waals surface area contributed by atoms with Crippen LogP contribution in [0.25, 0.3) is 0 Å². The molecule has 0 atom stereocenters. The Labute approximate surface area is 112 Å². The summed E-state index contributed by atoms with van der Waals surface area (Å²) >= 11 is 5.74. The summed E-state index contributed by atoms with van der Waals surface area (Å²) in [4.78, 5) is 11.7. The molecule has 0 aliphatic rings. The smallest absolute Gasteiger partial charge is 0.324 e. The van der Waals surface area contributed by atoms with Crippen molar-refractivity contribution < 1.29 is 14.2 Å². The Kier molecular flexibility index (Phi) is 6.67. The molecule has 0 N–H and O–H groups in total. The van der Waals surface area contributed by atoms with Crippen LogP contribution in [0.1, 0.15) is 27.2 Å². The summed E-state index contributed by atoms with van der Waals surface area (Å²) < 4.78 is 15.9. The van der Waals surface area contributed by atoms with E-state index in [-0.39, 0.29) is 23.4 Å². The van der Waals surface area contributed by atoms with E-state index in [4.69, 9.17) is 25.8 Å². The highest BCUT2D eigenvalue weighted by atomic mass is 35.5. The molecule has 0 saturated heterocycles. The van der Waals surface area contributed by atoms with E-state index in [0.29, 0.717) is 19.8 Å². The lowest BCUT2D eigenvalue weighted by molar-refractivity contribution is 0.0528. The third-order valence-corrected chi connectivity index (χ3v) is 1.94. The molecule has 0 amide bonds. The monoisotopic (exact) mass is 275 g/mol. The molecule has 0 aliphatic carbocycles. The summed E-state index contributed by atoms with van der Waals surface area (Å²) in [5.41, 5.74) is 0. The van der Waals surface area contributed by atoms with Crippen molar-refractivity contribution in [1.82, 2.24) is 15.0 Å². The third kappa shape index (κ3) is 5.97. The molecule has 18 heavy (non-hydrogen) atoms. The van der Waals surface area contributed by atoms with E-state index in [1.807, 2.05) is 20.8 Å². The van der Waals surface area contributed by atoms with E-state index in [0.717, 1.165) is 6.42 Å². The molecule has 0 aliphatic heterocycles. The maximum Gasteiger partial charge on any atom is 0.324 e. The summed E-state index contributed by atoms with van der Waals surface area (Å²) in [6.45, 7) is 7.24.